The SMILES string of the molecule is CC1CC(C(=O)O)CN(C(=O)NCc2coc(-c3ccccc3)n2)C1. The van der Waals surface area contributed by atoms with Gasteiger partial charge in [0.15, 0.2) is 0 Å². The molecule has 25 heavy (non-hydrogen) atoms. The maximum atomic E-state index is 12.3. The lowest BCUT2D eigenvalue weighted by Gasteiger charge is -2.34. The minimum absolute atomic E-state index is 0.164. The second-order valence-electron chi connectivity index (χ2n) is 6.45. The number of oxazole rings is 1. The monoisotopic (exact) mass is 343 g/mol. The smallest absolute Gasteiger partial charge is 0.317 e. The zero-order valence-corrected chi connectivity index (χ0v) is 14.0. The normalized spacial score (nSPS) is 20.3. The van der Waals surface area contributed by atoms with Gasteiger partial charge in [-0.15, -0.1) is 0 Å². The highest BCUT2D eigenvalue weighted by Crippen LogP contribution is 2.22. The number of nitrogens with zero attached hydrogens (tertiary/aromatic N) is 2. The van der Waals surface area contributed by atoms with Gasteiger partial charge in [-0.05, 0) is 24.5 Å². The van der Waals surface area contributed by atoms with E-state index in [2.05, 4.69) is 10.3 Å². The van der Waals surface area contributed by atoms with E-state index in [1.807, 2.05) is 37.3 Å². The van der Waals surface area contributed by atoms with Crippen LogP contribution in [0.3, 0.4) is 0 Å². The number of carbonyl (C=O) groups excluding carboxylic acids is 1. The number of aromatic nitrogens is 1. The molecule has 1 saturated heterocycles. The van der Waals surface area contributed by atoms with E-state index < -0.39 is 11.9 Å². The summed E-state index contributed by atoms with van der Waals surface area (Å²) in [4.78, 5) is 29.5. The Balaban J connectivity index is 1.57. The molecule has 0 spiro atoms. The van der Waals surface area contributed by atoms with Gasteiger partial charge in [0.25, 0.3) is 0 Å². The third-order valence-electron chi connectivity index (χ3n) is 4.29. The highest BCUT2D eigenvalue weighted by molar-refractivity contribution is 5.76. The van der Waals surface area contributed by atoms with Gasteiger partial charge in [0.05, 0.1) is 18.2 Å². The van der Waals surface area contributed by atoms with E-state index in [-0.39, 0.29) is 25.0 Å². The van der Waals surface area contributed by atoms with E-state index >= 15 is 0 Å². The van der Waals surface area contributed by atoms with Crippen molar-refractivity contribution in [1.82, 2.24) is 15.2 Å². The predicted molar refractivity (Wildman–Crippen MR) is 90.7 cm³/mol. The summed E-state index contributed by atoms with van der Waals surface area (Å²) in [6.07, 6.45) is 2.12. The maximum absolute atomic E-state index is 12.3. The molecule has 0 saturated carbocycles. The third-order valence-corrected chi connectivity index (χ3v) is 4.29. The van der Waals surface area contributed by atoms with Crippen LogP contribution in [0.5, 0.6) is 0 Å². The summed E-state index contributed by atoms with van der Waals surface area (Å²) in [6.45, 7) is 2.99. The van der Waals surface area contributed by atoms with E-state index in [0.29, 0.717) is 24.6 Å². The summed E-state index contributed by atoms with van der Waals surface area (Å²) in [5.41, 5.74) is 1.49. The number of nitrogens with one attached hydrogen (secondary N) is 1. The number of benzene rings is 1. The lowest BCUT2D eigenvalue weighted by atomic mass is 9.91. The van der Waals surface area contributed by atoms with Crippen LogP contribution in [-0.4, -0.2) is 40.1 Å². The molecule has 2 unspecified atom stereocenters. The van der Waals surface area contributed by atoms with Crippen molar-refractivity contribution in [2.75, 3.05) is 13.1 Å². The molecule has 3 rings (SSSR count). The van der Waals surface area contributed by atoms with E-state index in [0.717, 1.165) is 5.56 Å². The Morgan fingerprint density at radius 1 is 1.32 bits per heavy atom. The Hall–Kier alpha value is -2.83. The first kappa shape index (κ1) is 17.0. The zero-order valence-electron chi connectivity index (χ0n) is 14.0. The molecule has 2 amide bonds. The summed E-state index contributed by atoms with van der Waals surface area (Å²) in [5, 5.41) is 12.0. The second-order valence-corrected chi connectivity index (χ2v) is 6.45. The van der Waals surface area contributed by atoms with Gasteiger partial charge in [-0.3, -0.25) is 4.79 Å². The fraction of sp³-hybridized carbons (Fsp3) is 0.389. The van der Waals surface area contributed by atoms with Crippen LogP contribution in [0, 0.1) is 11.8 Å². The standard InChI is InChI=1S/C18H21N3O4/c1-12-7-14(17(22)23)10-21(9-12)18(24)19-8-15-11-25-16(20-15)13-5-3-2-4-6-13/h2-6,11-12,14H,7-10H2,1H3,(H,19,24)(H,22,23). The lowest BCUT2D eigenvalue weighted by Crippen LogP contribution is -2.49. The van der Waals surface area contributed by atoms with Crippen molar-refractivity contribution >= 4 is 12.0 Å². The summed E-state index contributed by atoms with van der Waals surface area (Å²) in [7, 11) is 0. The molecule has 7 nitrogen and oxygen atoms in total. The van der Waals surface area contributed by atoms with Crippen molar-refractivity contribution < 1.29 is 19.1 Å². The van der Waals surface area contributed by atoms with Gasteiger partial charge in [0, 0.05) is 18.7 Å². The van der Waals surface area contributed by atoms with Gasteiger partial charge in [0.1, 0.15) is 6.26 Å². The van der Waals surface area contributed by atoms with Gasteiger partial charge < -0.3 is 19.7 Å². The molecular weight excluding hydrogens is 322 g/mol. The lowest BCUT2D eigenvalue weighted by molar-refractivity contribution is -0.143. The topological polar surface area (TPSA) is 95.7 Å². The van der Waals surface area contributed by atoms with E-state index in [1.165, 1.54) is 6.26 Å². The van der Waals surface area contributed by atoms with Gasteiger partial charge in [-0.25, -0.2) is 9.78 Å². The average Bonchev–Trinajstić information content (AvgIpc) is 3.09. The largest absolute Gasteiger partial charge is 0.481 e. The third kappa shape index (κ3) is 4.17. The number of hydrogen-bond acceptors (Lipinski definition) is 4. The zero-order chi connectivity index (χ0) is 17.8. The molecule has 0 aliphatic carbocycles. The number of likely N-dealkylation sites (tertiary alicyclic amines) is 1. The number of carbonyl (C=O) groups is 2. The summed E-state index contributed by atoms with van der Waals surface area (Å²) in [5.74, 6) is -0.695. The number of carboxylic acid groups (broad SMARTS) is 1. The Bertz CT molecular complexity index is 744. The van der Waals surface area contributed by atoms with Crippen LogP contribution in [0.4, 0.5) is 4.79 Å². The van der Waals surface area contributed by atoms with Crippen molar-refractivity contribution in [3.63, 3.8) is 0 Å². The van der Waals surface area contributed by atoms with E-state index in [4.69, 9.17) is 4.42 Å². The van der Waals surface area contributed by atoms with Crippen molar-refractivity contribution in [3.8, 4) is 11.5 Å². The number of carboxylic acids is 1. The second kappa shape index (κ2) is 7.38. The average molecular weight is 343 g/mol. The number of amides is 2. The van der Waals surface area contributed by atoms with Crippen LogP contribution in [0.25, 0.3) is 11.5 Å². The first-order valence-electron chi connectivity index (χ1n) is 8.28. The summed E-state index contributed by atoms with van der Waals surface area (Å²) >= 11 is 0. The minimum atomic E-state index is -0.853. The van der Waals surface area contributed by atoms with Crippen molar-refractivity contribution in [2.45, 2.75) is 19.9 Å². The number of rotatable bonds is 4. The van der Waals surface area contributed by atoms with Crippen LogP contribution in [0.2, 0.25) is 0 Å². The molecule has 1 aromatic carbocycles. The van der Waals surface area contributed by atoms with Crippen molar-refractivity contribution in [3.05, 3.63) is 42.3 Å². The molecule has 1 fully saturated rings. The van der Waals surface area contributed by atoms with Crippen LogP contribution in [0.1, 0.15) is 19.0 Å². The molecule has 2 atom stereocenters. The Morgan fingerprint density at radius 2 is 2.08 bits per heavy atom. The fourth-order valence-electron chi connectivity index (χ4n) is 3.08. The molecule has 7 heteroatoms. The molecule has 0 bridgehead atoms. The molecule has 0 radical (unpaired) electrons. The van der Waals surface area contributed by atoms with Gasteiger partial charge in [-0.2, -0.15) is 0 Å². The highest BCUT2D eigenvalue weighted by Gasteiger charge is 2.31. The van der Waals surface area contributed by atoms with Gasteiger partial charge in [-0.1, -0.05) is 25.1 Å². The predicted octanol–water partition coefficient (Wildman–Crippen LogP) is 2.59. The molecule has 132 valence electrons. The number of hydrogen-bond donors (Lipinski definition) is 2. The van der Waals surface area contributed by atoms with Crippen LogP contribution >= 0.6 is 0 Å². The van der Waals surface area contributed by atoms with Crippen molar-refractivity contribution in [1.29, 1.82) is 0 Å². The Labute approximate surface area is 145 Å². The quantitative estimate of drug-likeness (QED) is 0.889. The number of piperidine rings is 1. The summed E-state index contributed by atoms with van der Waals surface area (Å²) < 4.78 is 5.44. The van der Waals surface area contributed by atoms with E-state index in [9.17, 15) is 14.7 Å². The highest BCUT2D eigenvalue weighted by atomic mass is 16.4. The van der Waals surface area contributed by atoms with Gasteiger partial charge in [0.2, 0.25) is 5.89 Å². The van der Waals surface area contributed by atoms with Crippen LogP contribution in [-0.2, 0) is 11.3 Å². The van der Waals surface area contributed by atoms with Crippen LogP contribution < -0.4 is 5.32 Å². The Morgan fingerprint density at radius 3 is 2.80 bits per heavy atom. The van der Waals surface area contributed by atoms with Gasteiger partial charge >= 0.3 is 12.0 Å². The molecule has 2 aromatic rings. The molecule has 2 N–H and O–H groups in total. The van der Waals surface area contributed by atoms with E-state index in [1.54, 1.807) is 4.90 Å². The molecular formula is C18H21N3O4. The van der Waals surface area contributed by atoms with Crippen molar-refractivity contribution in [2.24, 2.45) is 11.8 Å². The maximum Gasteiger partial charge on any atom is 0.317 e. The molecule has 2 heterocycles. The molecule has 1 aliphatic rings. The fourth-order valence-corrected chi connectivity index (χ4v) is 3.08. The molecule has 1 aliphatic heterocycles. The summed E-state index contributed by atoms with van der Waals surface area (Å²) in [6, 6.07) is 9.24. The minimum Gasteiger partial charge on any atom is -0.481 e. The Kier molecular flexibility index (Phi) is 5.02. The first-order chi connectivity index (χ1) is 12.0. The first-order valence-corrected chi connectivity index (χ1v) is 8.28. The number of aliphatic carboxylic acids is 1. The number of urea groups is 1. The van der Waals surface area contributed by atoms with Crippen LogP contribution in [0.15, 0.2) is 41.0 Å². The molecule has 1 aromatic heterocycles.